The van der Waals surface area contributed by atoms with Crippen LogP contribution in [0, 0.1) is 24.1 Å². The van der Waals surface area contributed by atoms with E-state index in [4.69, 9.17) is 11.0 Å². The molecule has 5 nitrogen and oxygen atoms in total. The second kappa shape index (κ2) is 4.55. The minimum absolute atomic E-state index is 0.0234. The van der Waals surface area contributed by atoms with Crippen molar-refractivity contribution in [3.8, 4) is 11.8 Å². The minimum atomic E-state index is -0.550. The smallest absolute Gasteiger partial charge is 0.141 e. The second-order valence-corrected chi connectivity index (χ2v) is 4.04. The molecule has 2 rings (SSSR count). The Balaban J connectivity index is 2.53. The number of hydrogen-bond donors (Lipinski definition) is 1. The van der Waals surface area contributed by atoms with Gasteiger partial charge in [-0.2, -0.15) is 5.26 Å². The predicted octanol–water partition coefficient (Wildman–Crippen LogP) is 1.61. The maximum absolute atomic E-state index is 13.2. The normalized spacial score (nSPS) is 12.2. The highest BCUT2D eigenvalue weighted by Gasteiger charge is 2.14. The molecule has 0 radical (unpaired) electrons. The fourth-order valence-electron chi connectivity index (χ4n) is 1.74. The molecular weight excluding hydrogens is 233 g/mol. The average molecular weight is 245 g/mol. The van der Waals surface area contributed by atoms with Gasteiger partial charge in [-0.3, -0.25) is 0 Å². The fraction of sp³-hybridized carbons (Fsp3) is 0.250. The van der Waals surface area contributed by atoms with Crippen molar-refractivity contribution in [2.24, 2.45) is 5.73 Å². The van der Waals surface area contributed by atoms with Crippen LogP contribution < -0.4 is 5.73 Å². The van der Waals surface area contributed by atoms with Crippen LogP contribution in [0.2, 0.25) is 0 Å². The molecule has 0 aliphatic rings. The van der Waals surface area contributed by atoms with E-state index in [0.717, 1.165) is 5.69 Å². The summed E-state index contributed by atoms with van der Waals surface area (Å²) in [5.41, 5.74) is 7.78. The van der Waals surface area contributed by atoms with Gasteiger partial charge in [0.2, 0.25) is 0 Å². The number of rotatable bonds is 2. The van der Waals surface area contributed by atoms with E-state index in [0.29, 0.717) is 11.4 Å². The summed E-state index contributed by atoms with van der Waals surface area (Å²) in [7, 11) is 0. The van der Waals surface area contributed by atoms with Crippen LogP contribution in [0.4, 0.5) is 4.39 Å². The number of benzene rings is 1. The van der Waals surface area contributed by atoms with Crippen molar-refractivity contribution in [2.45, 2.75) is 19.9 Å². The van der Waals surface area contributed by atoms with E-state index in [9.17, 15) is 4.39 Å². The lowest BCUT2D eigenvalue weighted by Crippen LogP contribution is -2.08. The highest BCUT2D eigenvalue weighted by Crippen LogP contribution is 2.18. The van der Waals surface area contributed by atoms with Crippen molar-refractivity contribution in [2.75, 3.05) is 0 Å². The third-order valence-electron chi connectivity index (χ3n) is 2.68. The number of aromatic nitrogens is 3. The van der Waals surface area contributed by atoms with Gasteiger partial charge in [0.05, 0.1) is 16.9 Å². The molecule has 1 aromatic heterocycles. The van der Waals surface area contributed by atoms with Crippen LogP contribution in [-0.4, -0.2) is 15.0 Å². The zero-order chi connectivity index (χ0) is 13.3. The molecule has 1 heterocycles. The standard InChI is InChI=1S/C12H12FN5/c1-7(15)12-8(2)18(17-16-12)10-3-4-11(13)9(5-10)6-14/h3-5,7H,15H2,1-2H3. The Kier molecular flexibility index (Phi) is 3.08. The summed E-state index contributed by atoms with van der Waals surface area (Å²) in [4.78, 5) is 0. The van der Waals surface area contributed by atoms with Gasteiger partial charge < -0.3 is 5.73 Å². The maximum Gasteiger partial charge on any atom is 0.141 e. The molecule has 92 valence electrons. The summed E-state index contributed by atoms with van der Waals surface area (Å²) in [5, 5.41) is 16.7. The Hall–Kier alpha value is -2.26. The zero-order valence-corrected chi connectivity index (χ0v) is 10.1. The van der Waals surface area contributed by atoms with Gasteiger partial charge in [0.15, 0.2) is 0 Å². The molecule has 0 bridgehead atoms. The molecule has 0 spiro atoms. The van der Waals surface area contributed by atoms with Gasteiger partial charge in [0, 0.05) is 6.04 Å². The molecule has 18 heavy (non-hydrogen) atoms. The SMILES string of the molecule is Cc1c(C(C)N)nnn1-c1ccc(F)c(C#N)c1. The van der Waals surface area contributed by atoms with Gasteiger partial charge in [-0.25, -0.2) is 9.07 Å². The highest BCUT2D eigenvalue weighted by atomic mass is 19.1. The molecule has 1 unspecified atom stereocenters. The van der Waals surface area contributed by atoms with Crippen LogP contribution in [0.5, 0.6) is 0 Å². The summed E-state index contributed by atoms with van der Waals surface area (Å²) in [6, 6.07) is 5.78. The summed E-state index contributed by atoms with van der Waals surface area (Å²) in [6.07, 6.45) is 0. The van der Waals surface area contributed by atoms with E-state index in [-0.39, 0.29) is 11.6 Å². The maximum atomic E-state index is 13.2. The average Bonchev–Trinajstić information content (AvgIpc) is 2.72. The number of nitriles is 1. The number of nitrogens with two attached hydrogens (primary N) is 1. The molecule has 2 N–H and O–H groups in total. The van der Waals surface area contributed by atoms with Gasteiger partial charge in [0.1, 0.15) is 17.6 Å². The molecular formula is C12H12FN5. The first-order valence-corrected chi connectivity index (χ1v) is 5.42. The monoisotopic (exact) mass is 245 g/mol. The van der Waals surface area contributed by atoms with Gasteiger partial charge in [-0.15, -0.1) is 5.10 Å². The van der Waals surface area contributed by atoms with E-state index in [1.54, 1.807) is 16.8 Å². The lowest BCUT2D eigenvalue weighted by atomic mass is 10.2. The third-order valence-corrected chi connectivity index (χ3v) is 2.68. The Morgan fingerprint density at radius 1 is 1.50 bits per heavy atom. The first-order valence-electron chi connectivity index (χ1n) is 5.42. The predicted molar refractivity (Wildman–Crippen MR) is 63.4 cm³/mol. The van der Waals surface area contributed by atoms with Crippen molar-refractivity contribution in [3.05, 3.63) is 41.0 Å². The topological polar surface area (TPSA) is 80.5 Å². The third kappa shape index (κ3) is 1.96. The number of hydrogen-bond acceptors (Lipinski definition) is 4. The Morgan fingerprint density at radius 3 is 2.78 bits per heavy atom. The van der Waals surface area contributed by atoms with Crippen LogP contribution in [0.25, 0.3) is 5.69 Å². The quantitative estimate of drug-likeness (QED) is 0.871. The lowest BCUT2D eigenvalue weighted by Gasteiger charge is -2.05. The van der Waals surface area contributed by atoms with Gasteiger partial charge in [-0.05, 0) is 32.0 Å². The molecule has 6 heteroatoms. The molecule has 0 aliphatic carbocycles. The van der Waals surface area contributed by atoms with Crippen LogP contribution in [-0.2, 0) is 0 Å². The largest absolute Gasteiger partial charge is 0.323 e. The molecule has 1 atom stereocenters. The van der Waals surface area contributed by atoms with Crippen LogP contribution in [0.3, 0.4) is 0 Å². The van der Waals surface area contributed by atoms with Crippen LogP contribution in [0.1, 0.15) is 29.9 Å². The minimum Gasteiger partial charge on any atom is -0.323 e. The summed E-state index contributed by atoms with van der Waals surface area (Å²) >= 11 is 0. The van der Waals surface area contributed by atoms with Crippen LogP contribution in [0.15, 0.2) is 18.2 Å². The molecule has 0 amide bonds. The van der Waals surface area contributed by atoms with E-state index < -0.39 is 5.82 Å². The van der Waals surface area contributed by atoms with Crippen molar-refractivity contribution >= 4 is 0 Å². The Labute approximate surface area is 104 Å². The van der Waals surface area contributed by atoms with Gasteiger partial charge in [0.25, 0.3) is 0 Å². The van der Waals surface area contributed by atoms with E-state index in [2.05, 4.69) is 10.3 Å². The Bertz CT molecular complexity index is 624. The fourth-order valence-corrected chi connectivity index (χ4v) is 1.74. The van der Waals surface area contributed by atoms with E-state index in [1.807, 2.05) is 13.8 Å². The van der Waals surface area contributed by atoms with E-state index >= 15 is 0 Å². The summed E-state index contributed by atoms with van der Waals surface area (Å²) < 4.78 is 14.8. The zero-order valence-electron chi connectivity index (χ0n) is 10.1. The summed E-state index contributed by atoms with van der Waals surface area (Å²) in [6.45, 7) is 3.64. The molecule has 0 aliphatic heterocycles. The number of nitrogens with zero attached hydrogens (tertiary/aromatic N) is 4. The Morgan fingerprint density at radius 2 is 2.22 bits per heavy atom. The number of halogens is 1. The van der Waals surface area contributed by atoms with Crippen molar-refractivity contribution < 1.29 is 4.39 Å². The second-order valence-electron chi connectivity index (χ2n) is 4.04. The van der Waals surface area contributed by atoms with E-state index in [1.165, 1.54) is 12.1 Å². The summed E-state index contributed by atoms with van der Waals surface area (Å²) in [5.74, 6) is -0.550. The van der Waals surface area contributed by atoms with Gasteiger partial charge in [-0.1, -0.05) is 5.21 Å². The first-order chi connectivity index (χ1) is 8.54. The van der Waals surface area contributed by atoms with Crippen LogP contribution >= 0.6 is 0 Å². The molecule has 0 saturated heterocycles. The lowest BCUT2D eigenvalue weighted by molar-refractivity contribution is 0.622. The van der Waals surface area contributed by atoms with Gasteiger partial charge >= 0.3 is 0 Å². The molecule has 1 aromatic carbocycles. The molecule has 0 fully saturated rings. The molecule has 2 aromatic rings. The first kappa shape index (κ1) is 12.2. The van der Waals surface area contributed by atoms with Crippen molar-refractivity contribution in [3.63, 3.8) is 0 Å². The molecule has 0 saturated carbocycles. The van der Waals surface area contributed by atoms with Crippen molar-refractivity contribution in [1.29, 1.82) is 5.26 Å². The highest BCUT2D eigenvalue weighted by molar-refractivity contribution is 5.42. The van der Waals surface area contributed by atoms with Crippen molar-refractivity contribution in [1.82, 2.24) is 15.0 Å².